The summed E-state index contributed by atoms with van der Waals surface area (Å²) in [4.78, 5) is 4.14. The number of rotatable bonds is 9. The van der Waals surface area contributed by atoms with Crippen LogP contribution in [0.25, 0.3) is 0 Å². The monoisotopic (exact) mass is 417 g/mol. The zero-order valence-corrected chi connectivity index (χ0v) is 18.9. The highest BCUT2D eigenvalue weighted by molar-refractivity contribution is 5.35. The summed E-state index contributed by atoms with van der Waals surface area (Å²) in [7, 11) is 1.91. The lowest BCUT2D eigenvalue weighted by Crippen LogP contribution is -2.35. The van der Waals surface area contributed by atoms with E-state index in [0.717, 1.165) is 43.1 Å². The van der Waals surface area contributed by atoms with Crippen LogP contribution in [0, 0.1) is 12.8 Å². The van der Waals surface area contributed by atoms with Gasteiger partial charge in [-0.3, -0.25) is 4.90 Å². The predicted octanol–water partition coefficient (Wildman–Crippen LogP) is 2.16. The van der Waals surface area contributed by atoms with Crippen LogP contribution in [0.3, 0.4) is 0 Å². The van der Waals surface area contributed by atoms with Crippen molar-refractivity contribution < 1.29 is 9.84 Å². The maximum Gasteiger partial charge on any atom is 0.133 e. The molecule has 1 heterocycles. The van der Waals surface area contributed by atoms with E-state index in [1.54, 1.807) is 0 Å². The molecule has 0 radical (unpaired) electrons. The van der Waals surface area contributed by atoms with Gasteiger partial charge in [0.15, 0.2) is 0 Å². The number of benzene rings is 1. The van der Waals surface area contributed by atoms with Crippen LogP contribution in [0.4, 0.5) is 0 Å². The van der Waals surface area contributed by atoms with Crippen molar-refractivity contribution in [1.29, 1.82) is 0 Å². The first kappa shape index (κ1) is 24.1. The molecule has 0 spiro atoms. The molecule has 3 atom stereocenters. The van der Waals surface area contributed by atoms with Gasteiger partial charge < -0.3 is 31.5 Å². The summed E-state index contributed by atoms with van der Waals surface area (Å²) < 4.78 is 5.89. The lowest BCUT2D eigenvalue weighted by atomic mass is 9.97. The van der Waals surface area contributed by atoms with Crippen LogP contribution < -0.4 is 16.8 Å². The van der Waals surface area contributed by atoms with E-state index in [1.165, 1.54) is 5.56 Å². The minimum atomic E-state index is -0.611. The second-order valence-corrected chi connectivity index (χ2v) is 8.18. The van der Waals surface area contributed by atoms with Crippen LogP contribution in [0.1, 0.15) is 49.2 Å². The summed E-state index contributed by atoms with van der Waals surface area (Å²) in [5.41, 5.74) is 15.3. The number of hydrogen-bond donors (Lipinski definition) is 4. The minimum Gasteiger partial charge on any atom is -0.386 e. The van der Waals surface area contributed by atoms with Crippen LogP contribution in [0.2, 0.25) is 0 Å². The van der Waals surface area contributed by atoms with Gasteiger partial charge in [0, 0.05) is 19.7 Å². The predicted molar refractivity (Wildman–Crippen MR) is 122 cm³/mol. The first-order valence-corrected chi connectivity index (χ1v) is 10.7. The molecule has 1 fully saturated rings. The van der Waals surface area contributed by atoms with Crippen molar-refractivity contribution in [3.05, 3.63) is 59.2 Å². The number of nitrogens with zero attached hydrogens (tertiary/aromatic N) is 2. The molecule has 1 aromatic carbocycles. The normalized spacial score (nSPS) is 20.0. The van der Waals surface area contributed by atoms with Gasteiger partial charge in [-0.25, -0.2) is 0 Å². The highest BCUT2D eigenvalue weighted by Gasteiger charge is 2.26. The third-order valence-electron chi connectivity index (χ3n) is 5.64. The molecule has 0 saturated carbocycles. The van der Waals surface area contributed by atoms with Crippen molar-refractivity contribution in [2.24, 2.45) is 17.4 Å². The van der Waals surface area contributed by atoms with Crippen LogP contribution in [0.15, 0.2) is 42.5 Å². The standard InChI is InChI=1S/C23H39N5O2/c1-6-27(5)23(29)19-8-9-20(17(3)13-19)21-15-30-11-7-10-28(21)22(25)12-16(2)14-26-18(4)24/h8-9,12-13,16,21,23,26,29H,4,6-7,10-11,14-15,24-25H2,1-3,5H3/b22-12+. The largest absolute Gasteiger partial charge is 0.386 e. The Hall–Kier alpha value is -2.22. The molecular formula is C23H39N5O2. The molecule has 0 bridgehead atoms. The SMILES string of the molecule is C=C(N)NCC(C)/C=C(\N)N1CCCOCC1c1ccc(C(O)N(C)CC)cc1C. The lowest BCUT2D eigenvalue weighted by molar-refractivity contribution is 0.0244. The maximum absolute atomic E-state index is 10.5. The molecule has 1 aromatic rings. The third kappa shape index (κ3) is 6.39. The molecule has 0 amide bonds. The van der Waals surface area contributed by atoms with E-state index in [0.29, 0.717) is 19.0 Å². The van der Waals surface area contributed by atoms with Crippen LogP contribution in [-0.4, -0.2) is 54.8 Å². The highest BCUT2D eigenvalue weighted by Crippen LogP contribution is 2.30. The van der Waals surface area contributed by atoms with Gasteiger partial charge in [-0.15, -0.1) is 0 Å². The molecular weight excluding hydrogens is 378 g/mol. The van der Waals surface area contributed by atoms with Crippen molar-refractivity contribution >= 4 is 0 Å². The topological polar surface area (TPSA) is 100 Å². The molecule has 1 saturated heterocycles. The Labute approximate surface area is 181 Å². The highest BCUT2D eigenvalue weighted by atomic mass is 16.5. The minimum absolute atomic E-state index is 0.0310. The lowest BCUT2D eigenvalue weighted by Gasteiger charge is -2.33. The summed E-state index contributed by atoms with van der Waals surface area (Å²) in [5, 5.41) is 13.6. The summed E-state index contributed by atoms with van der Waals surface area (Å²) in [6.07, 6.45) is 2.38. The Balaban J connectivity index is 2.26. The van der Waals surface area contributed by atoms with E-state index < -0.39 is 6.23 Å². The Bertz CT molecular complexity index is 736. The molecule has 168 valence electrons. The molecule has 0 aromatic heterocycles. The van der Waals surface area contributed by atoms with Crippen molar-refractivity contribution in [2.75, 3.05) is 39.9 Å². The second-order valence-electron chi connectivity index (χ2n) is 8.18. The Morgan fingerprint density at radius 1 is 1.47 bits per heavy atom. The van der Waals surface area contributed by atoms with Gasteiger partial charge in [0.2, 0.25) is 0 Å². The molecule has 6 N–H and O–H groups in total. The van der Waals surface area contributed by atoms with Crippen LogP contribution >= 0.6 is 0 Å². The fourth-order valence-electron chi connectivity index (χ4n) is 3.74. The van der Waals surface area contributed by atoms with Gasteiger partial charge >= 0.3 is 0 Å². The van der Waals surface area contributed by atoms with E-state index in [-0.39, 0.29) is 12.0 Å². The van der Waals surface area contributed by atoms with Gasteiger partial charge in [-0.2, -0.15) is 0 Å². The van der Waals surface area contributed by atoms with Crippen LogP contribution in [0.5, 0.6) is 0 Å². The van der Waals surface area contributed by atoms with E-state index in [9.17, 15) is 5.11 Å². The Morgan fingerprint density at radius 3 is 2.83 bits per heavy atom. The Kier molecular flexibility index (Phi) is 9.02. The van der Waals surface area contributed by atoms with Gasteiger partial charge in [0.1, 0.15) is 6.23 Å². The number of aliphatic hydroxyl groups is 1. The first-order chi connectivity index (χ1) is 14.2. The molecule has 2 rings (SSSR count). The van der Waals surface area contributed by atoms with Crippen molar-refractivity contribution in [2.45, 2.75) is 39.5 Å². The molecule has 7 heteroatoms. The average molecular weight is 418 g/mol. The number of aryl methyl sites for hydroxylation is 1. The average Bonchev–Trinajstić information content (AvgIpc) is 2.97. The maximum atomic E-state index is 10.5. The third-order valence-corrected chi connectivity index (χ3v) is 5.64. The number of hydrogen-bond acceptors (Lipinski definition) is 7. The van der Waals surface area contributed by atoms with Crippen molar-refractivity contribution in [1.82, 2.24) is 15.1 Å². The second kappa shape index (κ2) is 11.2. The van der Waals surface area contributed by atoms with E-state index >= 15 is 0 Å². The van der Waals surface area contributed by atoms with Gasteiger partial charge in [-0.1, -0.05) is 38.6 Å². The first-order valence-electron chi connectivity index (χ1n) is 10.7. The number of aliphatic hydroxyl groups excluding tert-OH is 1. The smallest absolute Gasteiger partial charge is 0.133 e. The molecule has 1 aliphatic rings. The summed E-state index contributed by atoms with van der Waals surface area (Å²) in [6, 6.07) is 6.19. The zero-order valence-electron chi connectivity index (χ0n) is 18.9. The van der Waals surface area contributed by atoms with Gasteiger partial charge in [-0.05, 0) is 55.6 Å². The number of ether oxygens (including phenoxy) is 1. The van der Waals surface area contributed by atoms with Gasteiger partial charge in [0.25, 0.3) is 0 Å². The van der Waals surface area contributed by atoms with E-state index in [1.807, 2.05) is 24.9 Å². The van der Waals surface area contributed by atoms with Gasteiger partial charge in [0.05, 0.1) is 24.3 Å². The summed E-state index contributed by atoms with van der Waals surface area (Å²) in [6.45, 7) is 13.5. The van der Waals surface area contributed by atoms with E-state index in [4.69, 9.17) is 16.2 Å². The number of nitrogens with one attached hydrogen (secondary N) is 1. The molecule has 3 unspecified atom stereocenters. The fraction of sp³-hybridized carbons (Fsp3) is 0.565. The number of nitrogens with two attached hydrogens (primary N) is 2. The zero-order chi connectivity index (χ0) is 22.3. The molecule has 0 aliphatic carbocycles. The fourth-order valence-corrected chi connectivity index (χ4v) is 3.74. The molecule has 7 nitrogen and oxygen atoms in total. The molecule has 30 heavy (non-hydrogen) atoms. The Morgan fingerprint density at radius 2 is 2.20 bits per heavy atom. The summed E-state index contributed by atoms with van der Waals surface area (Å²) in [5.74, 6) is 1.41. The van der Waals surface area contributed by atoms with Crippen LogP contribution in [-0.2, 0) is 4.74 Å². The summed E-state index contributed by atoms with van der Waals surface area (Å²) >= 11 is 0. The molecule has 1 aliphatic heterocycles. The quantitative estimate of drug-likeness (QED) is 0.457. The van der Waals surface area contributed by atoms with Crippen molar-refractivity contribution in [3.8, 4) is 0 Å². The van der Waals surface area contributed by atoms with Crippen molar-refractivity contribution in [3.63, 3.8) is 0 Å². The van der Waals surface area contributed by atoms with E-state index in [2.05, 4.69) is 48.9 Å².